The number of carbonyl (C=O) groups excluding carboxylic acids is 1. The molecule has 0 saturated heterocycles. The summed E-state index contributed by atoms with van der Waals surface area (Å²) in [7, 11) is 0. The number of hydrogen-bond donors (Lipinski definition) is 0. The average Bonchev–Trinajstić information content (AvgIpc) is 2.58. The van der Waals surface area contributed by atoms with Gasteiger partial charge in [0.15, 0.2) is 5.78 Å². The van der Waals surface area contributed by atoms with E-state index in [-0.39, 0.29) is 11.2 Å². The van der Waals surface area contributed by atoms with Gasteiger partial charge in [-0.2, -0.15) is 11.8 Å². The summed E-state index contributed by atoms with van der Waals surface area (Å²) in [5.41, 5.74) is 1.14. The molecule has 0 aliphatic carbocycles. The number of carbonyl (C=O) groups is 1. The molecule has 2 heterocycles. The van der Waals surface area contributed by atoms with E-state index in [4.69, 9.17) is 0 Å². The highest BCUT2D eigenvalue weighted by Crippen LogP contribution is 2.34. The molecule has 2 rings (SSSR count). The van der Waals surface area contributed by atoms with Crippen LogP contribution in [-0.2, 0) is 12.2 Å². The Bertz CT molecular complexity index is 361. The Hall–Kier alpha value is -0.280. The molecule has 0 aromatic carbocycles. The third-order valence-electron chi connectivity index (χ3n) is 2.53. The largest absolute Gasteiger partial charge is 0.293 e. The first-order chi connectivity index (χ1) is 6.98. The molecule has 0 atom stereocenters. The monoisotopic (exact) mass is 240 g/mol. The van der Waals surface area contributed by atoms with Crippen LogP contribution in [-0.4, -0.2) is 11.5 Å². The van der Waals surface area contributed by atoms with Crippen molar-refractivity contribution in [3.8, 4) is 0 Å². The van der Waals surface area contributed by atoms with E-state index in [2.05, 4.69) is 6.07 Å². The van der Waals surface area contributed by atoms with Gasteiger partial charge in [-0.3, -0.25) is 4.79 Å². The Labute approximate surface area is 99.3 Å². The van der Waals surface area contributed by atoms with Crippen molar-refractivity contribution in [3.63, 3.8) is 0 Å². The predicted octanol–water partition coefficient (Wildman–Crippen LogP) is 3.77. The molecular weight excluding hydrogens is 224 g/mol. The highest BCUT2D eigenvalue weighted by molar-refractivity contribution is 7.98. The molecule has 15 heavy (non-hydrogen) atoms. The van der Waals surface area contributed by atoms with Crippen LogP contribution >= 0.6 is 23.1 Å². The Morgan fingerprint density at radius 3 is 2.73 bits per heavy atom. The minimum atomic E-state index is -0.249. The van der Waals surface area contributed by atoms with Crippen LogP contribution in [0.5, 0.6) is 0 Å². The van der Waals surface area contributed by atoms with Gasteiger partial charge in [-0.15, -0.1) is 11.3 Å². The Morgan fingerprint density at radius 1 is 1.40 bits per heavy atom. The fourth-order valence-corrected chi connectivity index (χ4v) is 4.15. The van der Waals surface area contributed by atoms with Crippen LogP contribution < -0.4 is 0 Å². The smallest absolute Gasteiger partial charge is 0.178 e. The molecule has 0 radical (unpaired) electrons. The fraction of sp³-hybridized carbons (Fsp3) is 0.583. The first-order valence-corrected chi connectivity index (χ1v) is 7.20. The van der Waals surface area contributed by atoms with Gasteiger partial charge in [0, 0.05) is 16.0 Å². The maximum absolute atomic E-state index is 12.1. The van der Waals surface area contributed by atoms with Gasteiger partial charge in [-0.05, 0) is 23.8 Å². The van der Waals surface area contributed by atoms with E-state index in [9.17, 15) is 4.79 Å². The van der Waals surface area contributed by atoms with Gasteiger partial charge < -0.3 is 0 Å². The third kappa shape index (κ3) is 2.28. The second-order valence-electron chi connectivity index (χ2n) is 4.94. The minimum Gasteiger partial charge on any atom is -0.293 e. The molecule has 0 unspecified atom stereocenters. The number of Topliss-reactive ketones (excluding diaryl/α,β-unsaturated/α-hetero) is 1. The van der Waals surface area contributed by atoms with Crippen LogP contribution in [0.25, 0.3) is 0 Å². The summed E-state index contributed by atoms with van der Waals surface area (Å²) in [6, 6.07) is 2.11. The van der Waals surface area contributed by atoms with Crippen molar-refractivity contribution in [3.05, 3.63) is 21.4 Å². The summed E-state index contributed by atoms with van der Waals surface area (Å²) in [5, 5.41) is 0. The minimum absolute atomic E-state index is 0.249. The van der Waals surface area contributed by atoms with Gasteiger partial charge in [-0.1, -0.05) is 20.8 Å². The fourth-order valence-electron chi connectivity index (χ4n) is 1.63. The maximum atomic E-state index is 12.1. The van der Waals surface area contributed by atoms with E-state index < -0.39 is 0 Å². The van der Waals surface area contributed by atoms with Gasteiger partial charge in [0.1, 0.15) is 0 Å². The number of thiophene rings is 1. The summed E-state index contributed by atoms with van der Waals surface area (Å²) >= 11 is 3.67. The van der Waals surface area contributed by atoms with Crippen LogP contribution in [0.3, 0.4) is 0 Å². The third-order valence-corrected chi connectivity index (χ3v) is 4.78. The second-order valence-corrected chi connectivity index (χ2v) is 7.18. The average molecular weight is 240 g/mol. The Morgan fingerprint density at radius 2 is 2.13 bits per heavy atom. The Balaban J connectivity index is 2.30. The van der Waals surface area contributed by atoms with Crippen LogP contribution in [0.4, 0.5) is 0 Å². The summed E-state index contributed by atoms with van der Waals surface area (Å²) in [6.45, 7) is 5.97. The number of rotatable bonds is 1. The number of aryl methyl sites for hydroxylation is 1. The molecule has 0 amide bonds. The van der Waals surface area contributed by atoms with Gasteiger partial charge >= 0.3 is 0 Å². The molecule has 3 heteroatoms. The molecular formula is C12H16OS2. The quantitative estimate of drug-likeness (QED) is 0.695. The van der Waals surface area contributed by atoms with E-state index in [1.807, 2.05) is 32.5 Å². The molecule has 0 fully saturated rings. The molecule has 0 N–H and O–H groups in total. The Kier molecular flexibility index (Phi) is 2.95. The first-order valence-electron chi connectivity index (χ1n) is 5.22. The normalized spacial score (nSPS) is 16.2. The standard InChI is InChI=1S/C12H16OS2/c1-12(2,3)11(13)10-6-8-7-14-5-4-9(8)15-10/h6H,4-5,7H2,1-3H3. The maximum Gasteiger partial charge on any atom is 0.178 e. The molecule has 0 bridgehead atoms. The topological polar surface area (TPSA) is 17.1 Å². The molecule has 1 aliphatic rings. The van der Waals surface area contributed by atoms with E-state index in [0.29, 0.717) is 0 Å². The summed E-state index contributed by atoms with van der Waals surface area (Å²) in [4.78, 5) is 14.5. The van der Waals surface area contributed by atoms with Crippen LogP contribution in [0, 0.1) is 5.41 Å². The SMILES string of the molecule is CC(C)(C)C(=O)c1cc2c(s1)CCSC2. The second kappa shape index (κ2) is 3.95. The lowest BCUT2D eigenvalue weighted by molar-refractivity contribution is 0.0862. The molecule has 1 nitrogen and oxygen atoms in total. The van der Waals surface area contributed by atoms with Crippen LogP contribution in [0.15, 0.2) is 6.07 Å². The van der Waals surface area contributed by atoms with Crippen molar-refractivity contribution in [2.24, 2.45) is 5.41 Å². The number of hydrogen-bond acceptors (Lipinski definition) is 3. The van der Waals surface area contributed by atoms with Crippen LogP contribution in [0.2, 0.25) is 0 Å². The van der Waals surface area contributed by atoms with Crippen molar-refractivity contribution < 1.29 is 4.79 Å². The van der Waals surface area contributed by atoms with E-state index in [0.717, 1.165) is 17.1 Å². The summed E-state index contributed by atoms with van der Waals surface area (Å²) in [6.07, 6.45) is 1.14. The molecule has 82 valence electrons. The van der Waals surface area contributed by atoms with E-state index in [1.54, 1.807) is 11.3 Å². The van der Waals surface area contributed by atoms with Crippen LogP contribution in [0.1, 0.15) is 40.9 Å². The summed E-state index contributed by atoms with van der Waals surface area (Å²) in [5.74, 6) is 2.58. The zero-order chi connectivity index (χ0) is 11.1. The van der Waals surface area contributed by atoms with Crippen molar-refractivity contribution in [1.29, 1.82) is 0 Å². The number of fused-ring (bicyclic) bond motifs is 1. The highest BCUT2D eigenvalue weighted by Gasteiger charge is 2.26. The van der Waals surface area contributed by atoms with Gasteiger partial charge in [0.25, 0.3) is 0 Å². The van der Waals surface area contributed by atoms with Crippen molar-refractivity contribution in [2.75, 3.05) is 5.75 Å². The molecule has 1 aromatic heterocycles. The van der Waals surface area contributed by atoms with Crippen molar-refractivity contribution >= 4 is 28.9 Å². The van der Waals surface area contributed by atoms with E-state index in [1.165, 1.54) is 16.2 Å². The zero-order valence-electron chi connectivity index (χ0n) is 9.42. The molecule has 1 aliphatic heterocycles. The number of ketones is 1. The number of thioether (sulfide) groups is 1. The van der Waals surface area contributed by atoms with Gasteiger partial charge in [0.2, 0.25) is 0 Å². The zero-order valence-corrected chi connectivity index (χ0v) is 11.1. The predicted molar refractivity (Wildman–Crippen MR) is 68.0 cm³/mol. The molecule has 0 saturated carbocycles. The van der Waals surface area contributed by atoms with Crippen molar-refractivity contribution in [1.82, 2.24) is 0 Å². The molecule has 0 spiro atoms. The van der Waals surface area contributed by atoms with E-state index >= 15 is 0 Å². The van der Waals surface area contributed by atoms with Gasteiger partial charge in [-0.25, -0.2) is 0 Å². The highest BCUT2D eigenvalue weighted by atomic mass is 32.2. The lowest BCUT2D eigenvalue weighted by Gasteiger charge is -2.14. The lowest BCUT2D eigenvalue weighted by Crippen LogP contribution is -2.18. The lowest BCUT2D eigenvalue weighted by atomic mass is 9.90. The summed E-state index contributed by atoms with van der Waals surface area (Å²) < 4.78 is 0. The van der Waals surface area contributed by atoms with Gasteiger partial charge in [0.05, 0.1) is 4.88 Å². The molecule has 1 aromatic rings. The first kappa shape index (κ1) is 11.2. The van der Waals surface area contributed by atoms with Crippen molar-refractivity contribution in [2.45, 2.75) is 32.9 Å².